The van der Waals surface area contributed by atoms with Gasteiger partial charge in [-0.25, -0.2) is 0 Å². The van der Waals surface area contributed by atoms with Gasteiger partial charge in [0, 0.05) is 43.2 Å². The van der Waals surface area contributed by atoms with Crippen molar-refractivity contribution in [3.8, 4) is 0 Å². The van der Waals surface area contributed by atoms with Crippen molar-refractivity contribution in [2.75, 3.05) is 18.5 Å². The third-order valence-electron chi connectivity index (χ3n) is 4.62. The number of anilines is 1. The summed E-state index contributed by atoms with van der Waals surface area (Å²) in [5.74, 6) is -0.0921. The van der Waals surface area contributed by atoms with Crippen LogP contribution in [0.3, 0.4) is 0 Å². The molecule has 0 bridgehead atoms. The van der Waals surface area contributed by atoms with Gasteiger partial charge in [-0.3, -0.25) is 15.2 Å². The molecule has 1 amide bonds. The number of para-hydroxylation sites is 1. The summed E-state index contributed by atoms with van der Waals surface area (Å²) in [5, 5.41) is 21.1. The van der Waals surface area contributed by atoms with Crippen molar-refractivity contribution in [2.24, 2.45) is 5.10 Å². The molecule has 0 spiro atoms. The van der Waals surface area contributed by atoms with Crippen molar-refractivity contribution in [1.29, 1.82) is 5.41 Å². The number of carbonyl (C=O) groups is 1. The van der Waals surface area contributed by atoms with Crippen LogP contribution in [0.25, 0.3) is 0 Å². The first-order valence-electron chi connectivity index (χ1n) is 9.62. The number of hydrazone groups is 1. The maximum Gasteiger partial charge on any atom is 0.256 e. The van der Waals surface area contributed by atoms with Gasteiger partial charge in [0.15, 0.2) is 0 Å². The molecule has 7 nitrogen and oxygen atoms in total. The summed E-state index contributed by atoms with van der Waals surface area (Å²) < 4.78 is 0. The third kappa shape index (κ3) is 5.96. The van der Waals surface area contributed by atoms with Gasteiger partial charge in [0.05, 0.1) is 23.1 Å². The van der Waals surface area contributed by atoms with Gasteiger partial charge >= 0.3 is 0 Å². The summed E-state index contributed by atoms with van der Waals surface area (Å²) in [5.41, 5.74) is 5.66. The van der Waals surface area contributed by atoms with Crippen molar-refractivity contribution >= 4 is 24.0 Å². The smallest absolute Gasteiger partial charge is 0.256 e. The Hall–Kier alpha value is -3.06. The molecule has 0 saturated carbocycles. The number of nitrogens with zero attached hydrogens (tertiary/aromatic N) is 3. The highest BCUT2D eigenvalue weighted by molar-refractivity contribution is 6.14. The van der Waals surface area contributed by atoms with Gasteiger partial charge in [-0.15, -0.1) is 0 Å². The Morgan fingerprint density at radius 1 is 1.38 bits per heavy atom. The van der Waals surface area contributed by atoms with Gasteiger partial charge in [-0.05, 0) is 51.5 Å². The number of hydrogen-bond donors (Lipinski definition) is 3. The molecule has 1 aromatic carbocycles. The zero-order valence-electron chi connectivity index (χ0n) is 17.4. The van der Waals surface area contributed by atoms with Crippen molar-refractivity contribution in [3.63, 3.8) is 0 Å². The summed E-state index contributed by atoms with van der Waals surface area (Å²) in [6.07, 6.45) is 4.70. The van der Waals surface area contributed by atoms with Crippen molar-refractivity contribution in [1.82, 2.24) is 9.88 Å². The van der Waals surface area contributed by atoms with E-state index < -0.39 is 5.60 Å². The molecule has 2 aromatic rings. The number of aromatic nitrogens is 1. The number of carbonyl (C=O) groups excluding carboxylic acids is 1. The molecule has 0 radical (unpaired) electrons. The number of hydrogen-bond acceptors (Lipinski definition) is 6. The maximum absolute atomic E-state index is 13.0. The second kappa shape index (κ2) is 9.93. The van der Waals surface area contributed by atoms with E-state index in [9.17, 15) is 9.90 Å². The molecular formula is C22H29N5O2. The molecule has 1 heterocycles. The highest BCUT2D eigenvalue weighted by atomic mass is 16.3. The van der Waals surface area contributed by atoms with E-state index in [2.05, 4.69) is 15.5 Å². The molecule has 0 atom stereocenters. The molecule has 0 saturated heterocycles. The highest BCUT2D eigenvalue weighted by Crippen LogP contribution is 2.23. The topological polar surface area (TPSA) is 102 Å². The molecule has 0 aliphatic rings. The monoisotopic (exact) mass is 395 g/mol. The zero-order chi connectivity index (χ0) is 21.4. The Morgan fingerprint density at radius 2 is 2.10 bits per heavy atom. The van der Waals surface area contributed by atoms with Crippen LogP contribution in [0.5, 0.6) is 0 Å². The Labute approximate surface area is 172 Å². The fourth-order valence-electron chi connectivity index (χ4n) is 3.13. The SMILES string of the molecule is CCN(CCc1cc(C)c(C(C)(C)O)cn1)C(=O)c1ccccc1N/N=C\C=N. The molecule has 3 N–H and O–H groups in total. The molecule has 0 unspecified atom stereocenters. The molecule has 0 fully saturated rings. The van der Waals surface area contributed by atoms with Gasteiger partial charge in [0.1, 0.15) is 0 Å². The lowest BCUT2D eigenvalue weighted by molar-refractivity contribution is 0.0766. The summed E-state index contributed by atoms with van der Waals surface area (Å²) in [6.45, 7) is 8.48. The van der Waals surface area contributed by atoms with E-state index in [-0.39, 0.29) is 5.91 Å². The lowest BCUT2D eigenvalue weighted by Gasteiger charge is -2.23. The lowest BCUT2D eigenvalue weighted by Crippen LogP contribution is -2.33. The average Bonchev–Trinajstić information content (AvgIpc) is 2.68. The summed E-state index contributed by atoms with van der Waals surface area (Å²) in [6, 6.07) is 9.14. The van der Waals surface area contributed by atoms with Crippen LogP contribution in [0.15, 0.2) is 41.6 Å². The third-order valence-corrected chi connectivity index (χ3v) is 4.62. The molecule has 0 aliphatic heterocycles. The van der Waals surface area contributed by atoms with E-state index in [4.69, 9.17) is 5.41 Å². The van der Waals surface area contributed by atoms with Crippen molar-refractivity contribution in [2.45, 2.75) is 39.7 Å². The fraction of sp³-hybridized carbons (Fsp3) is 0.364. The van der Waals surface area contributed by atoms with E-state index in [0.29, 0.717) is 30.8 Å². The Balaban J connectivity index is 2.13. The molecule has 0 aliphatic carbocycles. The normalized spacial score (nSPS) is 11.5. The maximum atomic E-state index is 13.0. The van der Waals surface area contributed by atoms with E-state index >= 15 is 0 Å². The largest absolute Gasteiger partial charge is 0.386 e. The van der Waals surface area contributed by atoms with Gasteiger partial charge in [0.25, 0.3) is 5.91 Å². The minimum Gasteiger partial charge on any atom is -0.386 e. The number of aryl methyl sites for hydroxylation is 1. The lowest BCUT2D eigenvalue weighted by atomic mass is 9.95. The predicted octanol–water partition coefficient (Wildman–Crippen LogP) is 3.37. The Morgan fingerprint density at radius 3 is 2.72 bits per heavy atom. The number of nitrogens with one attached hydrogen (secondary N) is 2. The number of benzene rings is 1. The van der Waals surface area contributed by atoms with Crippen LogP contribution in [0, 0.1) is 12.3 Å². The Bertz CT molecular complexity index is 887. The highest BCUT2D eigenvalue weighted by Gasteiger charge is 2.20. The van der Waals surface area contributed by atoms with Crippen LogP contribution < -0.4 is 5.43 Å². The summed E-state index contributed by atoms with van der Waals surface area (Å²) in [7, 11) is 0. The second-order valence-corrected chi connectivity index (χ2v) is 7.29. The van der Waals surface area contributed by atoms with E-state index in [1.165, 1.54) is 6.21 Å². The number of likely N-dealkylation sites (N-methyl/N-ethyl adjacent to an activating group) is 1. The zero-order valence-corrected chi connectivity index (χ0v) is 17.4. The van der Waals surface area contributed by atoms with E-state index in [1.54, 1.807) is 37.1 Å². The quantitative estimate of drug-likeness (QED) is 0.447. The summed E-state index contributed by atoms with van der Waals surface area (Å²) >= 11 is 0. The number of rotatable bonds is 9. The van der Waals surface area contributed by atoms with Crippen LogP contribution >= 0.6 is 0 Å². The minimum atomic E-state index is -0.933. The summed E-state index contributed by atoms with van der Waals surface area (Å²) in [4.78, 5) is 19.3. The van der Waals surface area contributed by atoms with Gasteiger partial charge in [-0.1, -0.05) is 12.1 Å². The molecule has 7 heteroatoms. The molecule has 154 valence electrons. The van der Waals surface area contributed by atoms with E-state index in [0.717, 1.165) is 23.0 Å². The second-order valence-electron chi connectivity index (χ2n) is 7.29. The van der Waals surface area contributed by atoms with Crippen LogP contribution in [0.4, 0.5) is 5.69 Å². The first kappa shape index (κ1) is 22.2. The van der Waals surface area contributed by atoms with Crippen LogP contribution in [-0.4, -0.2) is 46.4 Å². The van der Waals surface area contributed by atoms with Gasteiger partial charge < -0.3 is 15.4 Å². The number of aliphatic hydroxyl groups is 1. The first-order valence-corrected chi connectivity index (χ1v) is 9.62. The molecule has 1 aromatic heterocycles. The molecule has 29 heavy (non-hydrogen) atoms. The van der Waals surface area contributed by atoms with Crippen molar-refractivity contribution < 1.29 is 9.90 Å². The Kier molecular flexibility index (Phi) is 7.61. The fourth-order valence-corrected chi connectivity index (χ4v) is 3.13. The number of amides is 1. The van der Waals surface area contributed by atoms with Gasteiger partial charge in [-0.2, -0.15) is 5.10 Å². The van der Waals surface area contributed by atoms with Crippen LogP contribution in [0.1, 0.15) is 48.0 Å². The number of pyridine rings is 1. The average molecular weight is 396 g/mol. The molecule has 2 rings (SSSR count). The predicted molar refractivity (Wildman–Crippen MR) is 117 cm³/mol. The standard InChI is InChI=1S/C22H29N5O2/c1-5-27(13-10-17-14-16(2)19(15-24-17)22(3,4)29)21(28)18-8-6-7-9-20(18)26-25-12-11-23/h6-9,11-12,14-15,23,26,29H,5,10,13H2,1-4H3/b23-11?,25-12-. The van der Waals surface area contributed by atoms with Crippen LogP contribution in [-0.2, 0) is 12.0 Å². The van der Waals surface area contributed by atoms with Gasteiger partial charge in [0.2, 0.25) is 0 Å². The van der Waals surface area contributed by atoms with E-state index in [1.807, 2.05) is 32.0 Å². The van der Waals surface area contributed by atoms with Crippen LogP contribution in [0.2, 0.25) is 0 Å². The van der Waals surface area contributed by atoms with Crippen molar-refractivity contribution in [3.05, 3.63) is 58.9 Å². The first-order chi connectivity index (χ1) is 13.8. The molecular weight excluding hydrogens is 366 g/mol. The minimum absolute atomic E-state index is 0.0921.